The Bertz CT molecular complexity index is 558. The molecule has 0 aliphatic carbocycles. The number of carbonyl (C=O) groups excluding carboxylic acids is 2. The van der Waals surface area contributed by atoms with Gasteiger partial charge >= 0.3 is 5.97 Å². The molecule has 1 amide bonds. The summed E-state index contributed by atoms with van der Waals surface area (Å²) >= 11 is 0. The second-order valence-electron chi connectivity index (χ2n) is 6.84. The summed E-state index contributed by atoms with van der Waals surface area (Å²) in [6, 6.07) is -0.513. The minimum atomic E-state index is -4.13. The van der Waals surface area contributed by atoms with E-state index in [1.165, 1.54) is 6.92 Å². The fraction of sp³-hybridized carbons (Fsp3) is 0.867. The summed E-state index contributed by atoms with van der Waals surface area (Å²) in [5.74, 6) is -1.23. The lowest BCUT2D eigenvalue weighted by atomic mass is 9.79. The summed E-state index contributed by atoms with van der Waals surface area (Å²) in [5.41, 5.74) is -0.675. The molecule has 1 fully saturated rings. The second-order valence-corrected chi connectivity index (χ2v) is 8.41. The van der Waals surface area contributed by atoms with Crippen molar-refractivity contribution in [3.8, 4) is 0 Å². The van der Waals surface area contributed by atoms with Crippen molar-refractivity contribution in [2.45, 2.75) is 71.8 Å². The summed E-state index contributed by atoms with van der Waals surface area (Å²) in [6.45, 7) is 6.88. The maximum atomic E-state index is 12.1. The van der Waals surface area contributed by atoms with Gasteiger partial charge in [0.1, 0.15) is 0 Å². The molecule has 2 unspecified atom stereocenters. The molecule has 1 saturated heterocycles. The minimum Gasteiger partial charge on any atom is -0.434 e. The second kappa shape index (κ2) is 8.26. The highest BCUT2D eigenvalue weighted by molar-refractivity contribution is 7.85. The third kappa shape index (κ3) is 6.74. The Labute approximate surface area is 143 Å². The van der Waals surface area contributed by atoms with Crippen molar-refractivity contribution in [2.24, 2.45) is 5.41 Å². The summed E-state index contributed by atoms with van der Waals surface area (Å²) in [5, 5.41) is 2.66. The molecule has 0 aromatic carbocycles. The summed E-state index contributed by atoms with van der Waals surface area (Å²) in [6.07, 6.45) is 0.423. The van der Waals surface area contributed by atoms with E-state index < -0.39 is 45.7 Å². The van der Waals surface area contributed by atoms with E-state index in [2.05, 4.69) is 5.32 Å². The maximum absolute atomic E-state index is 12.1. The first-order valence-electron chi connectivity index (χ1n) is 8.03. The SMILES string of the molecule is CCCC1OC(=O)[C@@H](C(C)(C)CC(CCS(=O)(=O)O)NC(C)=O)O1. The van der Waals surface area contributed by atoms with Gasteiger partial charge < -0.3 is 14.8 Å². The van der Waals surface area contributed by atoms with E-state index >= 15 is 0 Å². The van der Waals surface area contributed by atoms with Gasteiger partial charge in [-0.15, -0.1) is 0 Å². The molecular weight excluding hydrogens is 338 g/mol. The highest BCUT2D eigenvalue weighted by Gasteiger charge is 2.46. The molecule has 3 atom stereocenters. The van der Waals surface area contributed by atoms with Crippen LogP contribution in [-0.2, 0) is 29.2 Å². The highest BCUT2D eigenvalue weighted by Crippen LogP contribution is 2.35. The summed E-state index contributed by atoms with van der Waals surface area (Å²) < 4.78 is 41.7. The van der Waals surface area contributed by atoms with Crippen LogP contribution >= 0.6 is 0 Å². The van der Waals surface area contributed by atoms with Crippen molar-refractivity contribution in [3.05, 3.63) is 0 Å². The lowest BCUT2D eigenvalue weighted by Crippen LogP contribution is -2.43. The lowest BCUT2D eigenvalue weighted by Gasteiger charge is -2.32. The standard InChI is InChI=1S/C15H27NO7S/c1-5-6-12-22-13(14(18)23-12)15(3,4)9-11(16-10(2)17)7-8-24(19,20)21/h11-13H,5-9H2,1-4H3,(H,16,17)(H,19,20,21)/t11?,12?,13-/m0/s1. The van der Waals surface area contributed by atoms with E-state index in [0.717, 1.165) is 6.42 Å². The molecule has 1 aliphatic rings. The number of carbonyl (C=O) groups is 2. The Hall–Kier alpha value is -1.19. The molecule has 140 valence electrons. The molecule has 24 heavy (non-hydrogen) atoms. The first-order valence-corrected chi connectivity index (χ1v) is 9.63. The molecule has 9 heteroatoms. The van der Waals surface area contributed by atoms with Crippen molar-refractivity contribution < 1.29 is 32.0 Å². The van der Waals surface area contributed by atoms with Gasteiger partial charge in [0, 0.05) is 24.8 Å². The normalized spacial score (nSPS) is 23.0. The number of amides is 1. The number of nitrogens with one attached hydrogen (secondary N) is 1. The molecule has 0 aromatic rings. The Balaban J connectivity index is 2.78. The maximum Gasteiger partial charge on any atom is 0.338 e. The zero-order valence-electron chi connectivity index (χ0n) is 14.6. The van der Waals surface area contributed by atoms with Crippen LogP contribution < -0.4 is 5.32 Å². The zero-order chi connectivity index (χ0) is 18.5. The number of cyclic esters (lactones) is 1. The predicted molar refractivity (Wildman–Crippen MR) is 86.7 cm³/mol. The van der Waals surface area contributed by atoms with E-state index in [-0.39, 0.29) is 12.3 Å². The Morgan fingerprint density at radius 2 is 2.04 bits per heavy atom. The molecule has 0 radical (unpaired) electrons. The van der Waals surface area contributed by atoms with Gasteiger partial charge in [-0.25, -0.2) is 4.79 Å². The first kappa shape index (κ1) is 20.9. The molecule has 2 N–H and O–H groups in total. The predicted octanol–water partition coefficient (Wildman–Crippen LogP) is 1.25. The summed E-state index contributed by atoms with van der Waals surface area (Å²) in [4.78, 5) is 23.4. The molecule has 0 bridgehead atoms. The lowest BCUT2D eigenvalue weighted by molar-refractivity contribution is -0.144. The number of ether oxygens (including phenoxy) is 2. The van der Waals surface area contributed by atoms with E-state index in [9.17, 15) is 18.0 Å². The third-order valence-corrected chi connectivity index (χ3v) is 4.64. The van der Waals surface area contributed by atoms with E-state index in [4.69, 9.17) is 14.0 Å². The Kier molecular flexibility index (Phi) is 7.18. The monoisotopic (exact) mass is 365 g/mol. The topological polar surface area (TPSA) is 119 Å². The molecule has 0 aromatic heterocycles. The van der Waals surface area contributed by atoms with Crippen LogP contribution in [0.15, 0.2) is 0 Å². The van der Waals surface area contributed by atoms with Crippen molar-refractivity contribution in [3.63, 3.8) is 0 Å². The van der Waals surface area contributed by atoms with Crippen LogP contribution in [0, 0.1) is 5.41 Å². The van der Waals surface area contributed by atoms with Gasteiger partial charge in [0.25, 0.3) is 10.1 Å². The van der Waals surface area contributed by atoms with Crippen LogP contribution in [0.5, 0.6) is 0 Å². The van der Waals surface area contributed by atoms with Crippen molar-refractivity contribution in [2.75, 3.05) is 5.75 Å². The van der Waals surface area contributed by atoms with Crippen LogP contribution in [0.3, 0.4) is 0 Å². The van der Waals surface area contributed by atoms with Gasteiger partial charge in [-0.3, -0.25) is 9.35 Å². The Morgan fingerprint density at radius 1 is 1.42 bits per heavy atom. The average Bonchev–Trinajstić information content (AvgIpc) is 2.76. The third-order valence-electron chi connectivity index (χ3n) is 3.89. The Morgan fingerprint density at radius 3 is 2.54 bits per heavy atom. The van der Waals surface area contributed by atoms with Crippen LogP contribution in [0.1, 0.15) is 53.4 Å². The van der Waals surface area contributed by atoms with Crippen LogP contribution in [0.25, 0.3) is 0 Å². The zero-order valence-corrected chi connectivity index (χ0v) is 15.4. The minimum absolute atomic E-state index is 0.0437. The van der Waals surface area contributed by atoms with Crippen LogP contribution in [0.4, 0.5) is 0 Å². The fourth-order valence-corrected chi connectivity index (χ4v) is 3.42. The molecule has 0 spiro atoms. The number of esters is 1. The van der Waals surface area contributed by atoms with Crippen molar-refractivity contribution in [1.82, 2.24) is 5.32 Å². The smallest absolute Gasteiger partial charge is 0.338 e. The van der Waals surface area contributed by atoms with Gasteiger partial charge in [0.2, 0.25) is 12.2 Å². The van der Waals surface area contributed by atoms with E-state index in [1.54, 1.807) is 13.8 Å². The van der Waals surface area contributed by atoms with E-state index in [1.807, 2.05) is 6.92 Å². The van der Waals surface area contributed by atoms with Gasteiger partial charge in [-0.05, 0) is 12.8 Å². The molecule has 1 aliphatic heterocycles. The molecule has 1 rings (SSSR count). The van der Waals surface area contributed by atoms with Gasteiger partial charge in [-0.2, -0.15) is 8.42 Å². The van der Waals surface area contributed by atoms with E-state index in [0.29, 0.717) is 12.8 Å². The number of rotatable bonds is 9. The average molecular weight is 365 g/mol. The molecule has 8 nitrogen and oxygen atoms in total. The highest BCUT2D eigenvalue weighted by atomic mass is 32.2. The van der Waals surface area contributed by atoms with Gasteiger partial charge in [0.05, 0.1) is 5.75 Å². The largest absolute Gasteiger partial charge is 0.434 e. The first-order chi connectivity index (χ1) is 10.9. The number of hydrogen-bond donors (Lipinski definition) is 2. The number of hydrogen-bond acceptors (Lipinski definition) is 6. The van der Waals surface area contributed by atoms with Crippen molar-refractivity contribution >= 4 is 22.0 Å². The molecular formula is C15H27NO7S. The molecule has 0 saturated carbocycles. The van der Waals surface area contributed by atoms with Crippen LogP contribution in [0.2, 0.25) is 0 Å². The quantitative estimate of drug-likeness (QED) is 0.466. The summed E-state index contributed by atoms with van der Waals surface area (Å²) in [7, 11) is -4.13. The van der Waals surface area contributed by atoms with Gasteiger partial charge in [-0.1, -0.05) is 27.2 Å². The van der Waals surface area contributed by atoms with Gasteiger partial charge in [0.15, 0.2) is 6.10 Å². The van der Waals surface area contributed by atoms with Crippen molar-refractivity contribution in [1.29, 1.82) is 0 Å². The molecule has 1 heterocycles. The van der Waals surface area contributed by atoms with Crippen LogP contribution in [-0.4, -0.2) is 49.0 Å². The fourth-order valence-electron chi connectivity index (χ4n) is 2.84.